The van der Waals surface area contributed by atoms with Crippen LogP contribution in [0, 0.1) is 0 Å². The Morgan fingerprint density at radius 3 is 2.13 bits per heavy atom. The number of benzene rings is 1. The first-order valence-corrected chi connectivity index (χ1v) is 4.56. The molecule has 6 heteroatoms. The summed E-state index contributed by atoms with van der Waals surface area (Å²) >= 11 is 10.9. The van der Waals surface area contributed by atoms with Gasteiger partial charge in [0.05, 0.1) is 15.6 Å². The third-order valence-corrected chi connectivity index (χ3v) is 2.37. The van der Waals surface area contributed by atoms with Crippen LogP contribution in [0.2, 0.25) is 10.0 Å². The average molecular weight is 257 g/mol. The number of carbonyl (C=O) groups is 1. The second-order valence-corrected chi connectivity index (χ2v) is 3.68. The summed E-state index contributed by atoms with van der Waals surface area (Å²) in [7, 11) is 0. The average Bonchev–Trinajstić information content (AvgIpc) is 2.06. The van der Waals surface area contributed by atoms with Crippen LogP contribution < -0.4 is 0 Å². The van der Waals surface area contributed by atoms with Crippen LogP contribution in [0.4, 0.5) is 13.2 Å². The molecule has 0 saturated carbocycles. The first-order chi connectivity index (χ1) is 6.73. The maximum atomic E-state index is 12.3. The van der Waals surface area contributed by atoms with Crippen molar-refractivity contribution in [3.05, 3.63) is 33.3 Å². The summed E-state index contributed by atoms with van der Waals surface area (Å²) < 4.78 is 37.0. The maximum Gasteiger partial charge on any atom is 0.417 e. The van der Waals surface area contributed by atoms with Crippen molar-refractivity contribution in [3.8, 4) is 0 Å². The second kappa shape index (κ2) is 4.02. The van der Waals surface area contributed by atoms with Gasteiger partial charge in [0.15, 0.2) is 5.78 Å². The predicted octanol–water partition coefficient (Wildman–Crippen LogP) is 4.21. The van der Waals surface area contributed by atoms with Crippen molar-refractivity contribution in [3.63, 3.8) is 0 Å². The molecule has 0 bridgehead atoms. The zero-order chi connectivity index (χ0) is 11.8. The minimum Gasteiger partial charge on any atom is -0.294 e. The standard InChI is InChI=1S/C9H5Cl2F3O/c1-4(15)5-2-8(11)6(3-7(5)10)9(12,13)14/h2-3H,1H3. The van der Waals surface area contributed by atoms with Crippen molar-refractivity contribution in [2.75, 3.05) is 0 Å². The molecule has 0 N–H and O–H groups in total. The van der Waals surface area contributed by atoms with E-state index >= 15 is 0 Å². The SMILES string of the molecule is CC(=O)c1cc(Cl)c(C(F)(F)F)cc1Cl. The van der Waals surface area contributed by atoms with E-state index < -0.39 is 22.5 Å². The largest absolute Gasteiger partial charge is 0.417 e. The Balaban J connectivity index is 3.39. The third kappa shape index (κ3) is 2.63. The maximum absolute atomic E-state index is 12.3. The Morgan fingerprint density at radius 1 is 1.20 bits per heavy atom. The number of carbonyl (C=O) groups excluding carboxylic acids is 1. The summed E-state index contributed by atoms with van der Waals surface area (Å²) in [6.07, 6.45) is -4.57. The molecular formula is C9H5Cl2F3O. The van der Waals surface area contributed by atoms with E-state index in [1.165, 1.54) is 6.92 Å². The molecule has 0 radical (unpaired) electrons. The number of rotatable bonds is 1. The first-order valence-electron chi connectivity index (χ1n) is 3.80. The number of halogens is 5. The topological polar surface area (TPSA) is 17.1 Å². The van der Waals surface area contributed by atoms with Crippen LogP contribution in [0.1, 0.15) is 22.8 Å². The quantitative estimate of drug-likeness (QED) is 0.688. The highest BCUT2D eigenvalue weighted by Crippen LogP contribution is 2.37. The molecule has 0 heterocycles. The third-order valence-electron chi connectivity index (χ3n) is 1.74. The first kappa shape index (κ1) is 12.3. The van der Waals surface area contributed by atoms with Gasteiger partial charge in [-0.2, -0.15) is 13.2 Å². The summed E-state index contributed by atoms with van der Waals surface area (Å²) in [5.74, 6) is -0.435. The Labute approximate surface area is 93.8 Å². The van der Waals surface area contributed by atoms with Crippen molar-refractivity contribution in [1.29, 1.82) is 0 Å². The Hall–Kier alpha value is -0.740. The van der Waals surface area contributed by atoms with Gasteiger partial charge in [0.2, 0.25) is 0 Å². The van der Waals surface area contributed by atoms with Gasteiger partial charge in [0, 0.05) is 5.56 Å². The van der Waals surface area contributed by atoms with Gasteiger partial charge < -0.3 is 0 Å². The summed E-state index contributed by atoms with van der Waals surface area (Å²) in [4.78, 5) is 11.0. The van der Waals surface area contributed by atoms with Gasteiger partial charge in [-0.1, -0.05) is 23.2 Å². The highest BCUT2D eigenvalue weighted by atomic mass is 35.5. The minimum absolute atomic E-state index is 0.0188. The van der Waals surface area contributed by atoms with Crippen LogP contribution in [0.15, 0.2) is 12.1 Å². The normalized spacial score (nSPS) is 11.6. The van der Waals surface area contributed by atoms with Crippen molar-refractivity contribution in [2.24, 2.45) is 0 Å². The molecule has 1 nitrogen and oxygen atoms in total. The smallest absolute Gasteiger partial charge is 0.294 e. The number of alkyl halides is 3. The van der Waals surface area contributed by atoms with Gasteiger partial charge in [0.25, 0.3) is 0 Å². The van der Waals surface area contributed by atoms with Crippen molar-refractivity contribution < 1.29 is 18.0 Å². The molecule has 0 saturated heterocycles. The molecule has 0 aliphatic rings. The predicted molar refractivity (Wildman–Crippen MR) is 51.5 cm³/mol. The number of Topliss-reactive ketones (excluding diaryl/α,β-unsaturated/α-hetero) is 1. The van der Waals surface area contributed by atoms with E-state index in [2.05, 4.69) is 0 Å². The van der Waals surface area contributed by atoms with Crippen LogP contribution in [-0.2, 0) is 6.18 Å². The molecule has 0 aliphatic carbocycles. The van der Waals surface area contributed by atoms with Gasteiger partial charge in [-0.05, 0) is 19.1 Å². The number of hydrogen-bond acceptors (Lipinski definition) is 1. The van der Waals surface area contributed by atoms with Crippen LogP contribution in [-0.4, -0.2) is 5.78 Å². The lowest BCUT2D eigenvalue weighted by Crippen LogP contribution is -2.07. The summed E-state index contributed by atoms with van der Waals surface area (Å²) in [5.41, 5.74) is -1.06. The molecule has 1 aromatic carbocycles. The van der Waals surface area contributed by atoms with Crippen LogP contribution in [0.25, 0.3) is 0 Å². The van der Waals surface area contributed by atoms with Crippen LogP contribution >= 0.6 is 23.2 Å². The molecule has 0 aliphatic heterocycles. The fraction of sp³-hybridized carbons (Fsp3) is 0.222. The molecule has 1 rings (SSSR count). The van der Waals surface area contributed by atoms with E-state index in [0.717, 1.165) is 6.07 Å². The monoisotopic (exact) mass is 256 g/mol. The van der Waals surface area contributed by atoms with Gasteiger partial charge in [0.1, 0.15) is 0 Å². The van der Waals surface area contributed by atoms with E-state index in [1.807, 2.05) is 0 Å². The Kier molecular flexibility index (Phi) is 3.31. The van der Waals surface area contributed by atoms with Crippen LogP contribution in [0.3, 0.4) is 0 Å². The molecule has 0 atom stereocenters. The number of hydrogen-bond donors (Lipinski definition) is 0. The molecule has 0 unspecified atom stereocenters. The van der Waals surface area contributed by atoms with E-state index in [-0.39, 0.29) is 10.6 Å². The van der Waals surface area contributed by atoms with Gasteiger partial charge >= 0.3 is 6.18 Å². The van der Waals surface area contributed by atoms with E-state index in [0.29, 0.717) is 6.07 Å². The van der Waals surface area contributed by atoms with Crippen LogP contribution in [0.5, 0.6) is 0 Å². The highest BCUT2D eigenvalue weighted by Gasteiger charge is 2.34. The zero-order valence-corrected chi connectivity index (χ0v) is 8.96. The zero-order valence-electron chi connectivity index (χ0n) is 7.45. The van der Waals surface area contributed by atoms with Crippen molar-refractivity contribution >= 4 is 29.0 Å². The second-order valence-electron chi connectivity index (χ2n) is 2.87. The van der Waals surface area contributed by atoms with Crippen molar-refractivity contribution in [1.82, 2.24) is 0 Å². The summed E-state index contributed by atoms with van der Waals surface area (Å²) in [6.45, 7) is 1.20. The van der Waals surface area contributed by atoms with E-state index in [9.17, 15) is 18.0 Å². The lowest BCUT2D eigenvalue weighted by Gasteiger charge is -2.10. The lowest BCUT2D eigenvalue weighted by atomic mass is 10.1. The highest BCUT2D eigenvalue weighted by molar-refractivity contribution is 6.36. The molecule has 15 heavy (non-hydrogen) atoms. The van der Waals surface area contributed by atoms with Gasteiger partial charge in [-0.3, -0.25) is 4.79 Å². The summed E-state index contributed by atoms with van der Waals surface area (Å²) in [5, 5.41) is -0.781. The molecule has 1 aromatic rings. The number of ketones is 1. The molecule has 0 amide bonds. The van der Waals surface area contributed by atoms with Gasteiger partial charge in [-0.25, -0.2) is 0 Å². The Bertz CT molecular complexity index is 413. The summed E-state index contributed by atoms with van der Waals surface area (Å²) in [6, 6.07) is 1.58. The van der Waals surface area contributed by atoms with E-state index in [1.54, 1.807) is 0 Å². The fourth-order valence-electron chi connectivity index (χ4n) is 1.03. The molecule has 82 valence electrons. The fourth-order valence-corrected chi connectivity index (χ4v) is 1.60. The molecule has 0 spiro atoms. The van der Waals surface area contributed by atoms with Crippen molar-refractivity contribution in [2.45, 2.75) is 13.1 Å². The molecule has 0 fully saturated rings. The lowest BCUT2D eigenvalue weighted by molar-refractivity contribution is -0.137. The Morgan fingerprint density at radius 2 is 1.73 bits per heavy atom. The van der Waals surface area contributed by atoms with E-state index in [4.69, 9.17) is 23.2 Å². The van der Waals surface area contributed by atoms with Gasteiger partial charge in [-0.15, -0.1) is 0 Å². The molecule has 0 aromatic heterocycles. The minimum atomic E-state index is -4.57. The molecular weight excluding hydrogens is 252 g/mol.